The first-order chi connectivity index (χ1) is 16.6. The highest BCUT2D eigenvalue weighted by atomic mass is 16.5. The summed E-state index contributed by atoms with van der Waals surface area (Å²) < 4.78 is 16.5. The first-order valence-electron chi connectivity index (χ1n) is 11.0. The normalized spacial score (nSPS) is 15.3. The van der Waals surface area contributed by atoms with E-state index in [1.54, 1.807) is 13.4 Å². The van der Waals surface area contributed by atoms with Gasteiger partial charge in [0.25, 0.3) is 0 Å². The smallest absolute Gasteiger partial charge is 0.336 e. The lowest BCUT2D eigenvalue weighted by molar-refractivity contribution is -0.170. The van der Waals surface area contributed by atoms with E-state index in [0.717, 1.165) is 38.4 Å². The molecule has 11 heteroatoms. The summed E-state index contributed by atoms with van der Waals surface area (Å²) in [5.41, 5.74) is -0.350. The fraction of sp³-hybridized carbons (Fsp3) is 0.458. The molecule has 1 atom stereocenters. The van der Waals surface area contributed by atoms with Gasteiger partial charge in [0, 0.05) is 37.4 Å². The number of carboxylic acid groups (broad SMARTS) is 3. The van der Waals surface area contributed by atoms with Gasteiger partial charge in [0.05, 0.1) is 38.6 Å². The Bertz CT molecular complexity index is 937. The second kappa shape index (κ2) is 13.5. The lowest BCUT2D eigenvalue weighted by atomic mass is 9.96. The minimum absolute atomic E-state index is 0.335. The van der Waals surface area contributed by atoms with Crippen LogP contribution in [0.2, 0.25) is 0 Å². The molecule has 1 fully saturated rings. The van der Waals surface area contributed by atoms with E-state index >= 15 is 0 Å². The van der Waals surface area contributed by atoms with Gasteiger partial charge in [-0.05, 0) is 25.0 Å². The van der Waals surface area contributed by atoms with Crippen LogP contribution < -0.4 is 4.74 Å². The maximum absolute atomic E-state index is 10.3. The zero-order valence-corrected chi connectivity index (χ0v) is 19.5. The zero-order chi connectivity index (χ0) is 25.8. The van der Waals surface area contributed by atoms with E-state index in [1.807, 2.05) is 24.5 Å². The standard InChI is InChI=1S/C18H23NO3.C6H8O7/c1-20-18-7-3-2-5-16(18)12-19(11-15-8-10-21-14-15)13-17-6-4-9-22-17;7-3(8)1-6(13,5(11)12)2-4(9)10/h2-3,5,7-8,10,14,17H,4,6,9,11-13H2,1H3;13H,1-2H2,(H,7,8)(H,9,10)(H,11,12). The topological polar surface area (TPSA) is 167 Å². The monoisotopic (exact) mass is 493 g/mol. The number of para-hydroxylation sites is 1. The predicted molar refractivity (Wildman–Crippen MR) is 122 cm³/mol. The highest BCUT2D eigenvalue weighted by Gasteiger charge is 2.40. The Morgan fingerprint density at radius 2 is 1.77 bits per heavy atom. The quantitative estimate of drug-likeness (QED) is 0.342. The molecule has 1 unspecified atom stereocenters. The molecular formula is C24H31NO10. The number of nitrogens with zero attached hydrogens (tertiary/aromatic N) is 1. The van der Waals surface area contributed by atoms with E-state index in [1.165, 1.54) is 17.5 Å². The van der Waals surface area contributed by atoms with Crippen LogP contribution in [0, 0.1) is 0 Å². The summed E-state index contributed by atoms with van der Waals surface area (Å²) in [6.45, 7) is 3.52. The Morgan fingerprint density at radius 1 is 1.09 bits per heavy atom. The molecule has 192 valence electrons. The third kappa shape index (κ3) is 9.39. The number of methoxy groups -OCH3 is 1. The second-order valence-electron chi connectivity index (χ2n) is 8.23. The summed E-state index contributed by atoms with van der Waals surface area (Å²) in [4.78, 5) is 32.9. The number of hydrogen-bond donors (Lipinski definition) is 4. The summed E-state index contributed by atoms with van der Waals surface area (Å²) in [6.07, 6.45) is 3.89. The molecule has 1 saturated heterocycles. The largest absolute Gasteiger partial charge is 0.496 e. The SMILES string of the molecule is COc1ccccc1CN(Cc1ccoc1)CC1CCCO1.O=C(O)CC(O)(CC(=O)O)C(=O)O. The van der Waals surface area contributed by atoms with Crippen LogP contribution in [-0.2, 0) is 32.2 Å². The van der Waals surface area contributed by atoms with E-state index < -0.39 is 36.4 Å². The first-order valence-corrected chi connectivity index (χ1v) is 11.0. The van der Waals surface area contributed by atoms with Gasteiger partial charge in [-0.15, -0.1) is 0 Å². The van der Waals surface area contributed by atoms with E-state index in [0.29, 0.717) is 6.10 Å². The molecule has 2 heterocycles. The average molecular weight is 494 g/mol. The van der Waals surface area contributed by atoms with Crippen molar-refractivity contribution < 1.29 is 48.7 Å². The Hall–Kier alpha value is -3.41. The number of aliphatic carboxylic acids is 3. The molecule has 2 aromatic rings. The number of furan rings is 1. The number of benzene rings is 1. The zero-order valence-electron chi connectivity index (χ0n) is 19.5. The van der Waals surface area contributed by atoms with Gasteiger partial charge in [-0.3, -0.25) is 14.5 Å². The van der Waals surface area contributed by atoms with E-state index in [2.05, 4.69) is 17.0 Å². The van der Waals surface area contributed by atoms with Crippen LogP contribution in [0.15, 0.2) is 47.3 Å². The Labute approximate surface area is 202 Å². The van der Waals surface area contributed by atoms with E-state index in [4.69, 9.17) is 34.3 Å². The number of carbonyl (C=O) groups is 3. The molecule has 1 aromatic carbocycles. The Kier molecular flexibility index (Phi) is 10.7. The predicted octanol–water partition coefficient (Wildman–Crippen LogP) is 2.22. The fourth-order valence-corrected chi connectivity index (χ4v) is 3.69. The number of rotatable bonds is 12. The average Bonchev–Trinajstić information content (AvgIpc) is 3.48. The minimum Gasteiger partial charge on any atom is -0.496 e. The molecule has 0 amide bonds. The summed E-state index contributed by atoms with van der Waals surface area (Å²) in [6, 6.07) is 10.2. The molecule has 11 nitrogen and oxygen atoms in total. The van der Waals surface area contributed by atoms with E-state index in [-0.39, 0.29) is 0 Å². The number of aliphatic hydroxyl groups is 1. The van der Waals surface area contributed by atoms with Crippen molar-refractivity contribution in [2.45, 2.75) is 50.5 Å². The second-order valence-corrected chi connectivity index (χ2v) is 8.23. The van der Waals surface area contributed by atoms with Gasteiger partial charge in [0.15, 0.2) is 5.60 Å². The molecule has 0 bridgehead atoms. The molecular weight excluding hydrogens is 462 g/mol. The van der Waals surface area contributed by atoms with Crippen molar-refractivity contribution in [2.24, 2.45) is 0 Å². The van der Waals surface area contributed by atoms with Crippen molar-refractivity contribution in [3.05, 3.63) is 54.0 Å². The number of ether oxygens (including phenoxy) is 2. The van der Waals surface area contributed by atoms with E-state index in [9.17, 15) is 14.4 Å². The highest BCUT2D eigenvalue weighted by molar-refractivity contribution is 5.88. The van der Waals surface area contributed by atoms with Gasteiger partial charge >= 0.3 is 17.9 Å². The molecule has 0 saturated carbocycles. The van der Waals surface area contributed by atoms with Crippen LogP contribution in [0.1, 0.15) is 36.8 Å². The molecule has 1 aromatic heterocycles. The third-order valence-electron chi connectivity index (χ3n) is 5.34. The fourth-order valence-electron chi connectivity index (χ4n) is 3.69. The maximum atomic E-state index is 10.3. The highest BCUT2D eigenvalue weighted by Crippen LogP contribution is 2.22. The Balaban J connectivity index is 0.000000287. The third-order valence-corrected chi connectivity index (χ3v) is 5.34. The van der Waals surface area contributed by atoms with Crippen molar-refractivity contribution in [3.8, 4) is 5.75 Å². The molecule has 0 radical (unpaired) electrons. The van der Waals surface area contributed by atoms with Gasteiger partial charge < -0.3 is 34.3 Å². The summed E-state index contributed by atoms with van der Waals surface area (Å²) in [5.74, 6) is -4.08. The molecule has 0 aliphatic carbocycles. The number of hydrogen-bond acceptors (Lipinski definition) is 8. The van der Waals surface area contributed by atoms with Gasteiger partial charge in [0.1, 0.15) is 5.75 Å². The van der Waals surface area contributed by atoms with Crippen LogP contribution in [0.3, 0.4) is 0 Å². The van der Waals surface area contributed by atoms with Crippen molar-refractivity contribution in [2.75, 3.05) is 20.3 Å². The molecule has 0 spiro atoms. The summed E-state index contributed by atoms with van der Waals surface area (Å²) in [5, 5.41) is 33.8. The van der Waals surface area contributed by atoms with Crippen LogP contribution in [0.4, 0.5) is 0 Å². The van der Waals surface area contributed by atoms with Crippen molar-refractivity contribution in [1.29, 1.82) is 0 Å². The molecule has 3 rings (SSSR count). The summed E-state index contributed by atoms with van der Waals surface area (Å²) >= 11 is 0. The van der Waals surface area contributed by atoms with Gasteiger partial charge in [-0.1, -0.05) is 18.2 Å². The van der Waals surface area contributed by atoms with Gasteiger partial charge in [-0.25, -0.2) is 4.79 Å². The van der Waals surface area contributed by atoms with Crippen LogP contribution in [0.5, 0.6) is 5.75 Å². The molecule has 35 heavy (non-hydrogen) atoms. The minimum atomic E-state index is -2.74. The van der Waals surface area contributed by atoms with Crippen molar-refractivity contribution in [3.63, 3.8) is 0 Å². The van der Waals surface area contributed by atoms with Crippen molar-refractivity contribution >= 4 is 17.9 Å². The van der Waals surface area contributed by atoms with Crippen LogP contribution >= 0.6 is 0 Å². The first kappa shape index (κ1) is 27.8. The molecule has 1 aliphatic rings. The lowest BCUT2D eigenvalue weighted by Crippen LogP contribution is -2.42. The van der Waals surface area contributed by atoms with Crippen LogP contribution in [-0.4, -0.2) is 75.2 Å². The van der Waals surface area contributed by atoms with Gasteiger partial charge in [0.2, 0.25) is 0 Å². The Morgan fingerprint density at radius 3 is 2.29 bits per heavy atom. The number of carboxylic acids is 3. The van der Waals surface area contributed by atoms with Crippen molar-refractivity contribution in [1.82, 2.24) is 4.90 Å². The maximum Gasteiger partial charge on any atom is 0.336 e. The molecule has 1 aliphatic heterocycles. The van der Waals surface area contributed by atoms with Crippen LogP contribution in [0.25, 0.3) is 0 Å². The van der Waals surface area contributed by atoms with Gasteiger partial charge in [-0.2, -0.15) is 0 Å². The lowest BCUT2D eigenvalue weighted by Gasteiger charge is -2.25. The summed E-state index contributed by atoms with van der Waals surface area (Å²) in [7, 11) is 1.72. The molecule has 4 N–H and O–H groups in total.